The zero-order valence-corrected chi connectivity index (χ0v) is 22.4. The highest BCUT2D eigenvalue weighted by Crippen LogP contribution is 2.31. The van der Waals surface area contributed by atoms with Gasteiger partial charge in [0.1, 0.15) is 11.5 Å². The largest absolute Gasteiger partial charge is 0.478 e. The van der Waals surface area contributed by atoms with Gasteiger partial charge in [0, 0.05) is 34.9 Å². The monoisotopic (exact) mass is 556 g/mol. The van der Waals surface area contributed by atoms with E-state index >= 15 is 0 Å². The lowest BCUT2D eigenvalue weighted by Crippen LogP contribution is -2.37. The van der Waals surface area contributed by atoms with Crippen LogP contribution < -0.4 is 15.4 Å². The van der Waals surface area contributed by atoms with Gasteiger partial charge in [0.15, 0.2) is 0 Å². The molecule has 4 aromatic rings. The Labute approximate surface area is 237 Å². The summed E-state index contributed by atoms with van der Waals surface area (Å²) in [6.07, 6.45) is 1.95. The van der Waals surface area contributed by atoms with Crippen LogP contribution in [-0.2, 0) is 12.8 Å². The van der Waals surface area contributed by atoms with Gasteiger partial charge in [0.25, 0.3) is 5.91 Å². The molecule has 0 radical (unpaired) electrons. The molecule has 1 aliphatic rings. The van der Waals surface area contributed by atoms with Crippen molar-refractivity contribution in [3.8, 4) is 11.5 Å². The highest BCUT2D eigenvalue weighted by Gasteiger charge is 2.21. The number of anilines is 1. The first-order valence-corrected chi connectivity index (χ1v) is 13.4. The highest BCUT2D eigenvalue weighted by molar-refractivity contribution is 6.30. The van der Waals surface area contributed by atoms with E-state index in [1.165, 1.54) is 17.7 Å². The SMILES string of the molecule is O=C(O)c1cc(NC(=O)c2ccccc2)cc(Oc2ccc3c(c2)C[C@@H](NC[C@@H](O)c2cccc(Cl)c2)CC3)c1. The molecular formula is C32H29ClN2O5. The van der Waals surface area contributed by atoms with Crippen LogP contribution in [0.5, 0.6) is 11.5 Å². The quantitative estimate of drug-likeness (QED) is 0.194. The average molecular weight is 557 g/mol. The summed E-state index contributed by atoms with van der Waals surface area (Å²) in [7, 11) is 0. The number of rotatable bonds is 9. The standard InChI is InChI=1S/C32H29ClN2O5/c33-25-8-4-7-22(13-25)30(36)19-34-26-11-9-20-10-12-28(16-23(20)14-26)40-29-17-24(32(38)39)15-27(18-29)35-31(37)21-5-2-1-3-6-21/h1-8,10,12-13,15-18,26,30,34,36H,9,11,14,19H2,(H,35,37)(H,38,39)/t26-,30+/m0/s1. The van der Waals surface area contributed by atoms with Crippen molar-refractivity contribution in [2.24, 2.45) is 0 Å². The third-order valence-electron chi connectivity index (χ3n) is 6.92. The Balaban J connectivity index is 1.27. The van der Waals surface area contributed by atoms with Crippen LogP contribution in [-0.4, -0.2) is 34.7 Å². The first kappa shape index (κ1) is 27.4. The van der Waals surface area contributed by atoms with Gasteiger partial charge < -0.3 is 25.6 Å². The van der Waals surface area contributed by atoms with Gasteiger partial charge in [0.2, 0.25) is 0 Å². The lowest BCUT2D eigenvalue weighted by atomic mass is 9.88. The predicted octanol–water partition coefficient (Wildman–Crippen LogP) is 6.26. The second-order valence-corrected chi connectivity index (χ2v) is 10.3. The Kier molecular flexibility index (Phi) is 8.45. The Morgan fingerprint density at radius 2 is 1.73 bits per heavy atom. The number of hydrogen-bond donors (Lipinski definition) is 4. The molecular weight excluding hydrogens is 528 g/mol. The van der Waals surface area contributed by atoms with Crippen molar-refractivity contribution in [3.63, 3.8) is 0 Å². The maximum Gasteiger partial charge on any atom is 0.335 e. The molecule has 2 atom stereocenters. The number of fused-ring (bicyclic) bond motifs is 1. The van der Waals surface area contributed by atoms with Gasteiger partial charge in [-0.15, -0.1) is 0 Å². The van der Waals surface area contributed by atoms with E-state index in [1.54, 1.807) is 42.5 Å². The molecule has 0 aliphatic heterocycles. The van der Waals surface area contributed by atoms with Crippen molar-refractivity contribution in [1.82, 2.24) is 5.32 Å². The lowest BCUT2D eigenvalue weighted by Gasteiger charge is -2.27. The minimum atomic E-state index is -1.13. The van der Waals surface area contributed by atoms with Crippen LogP contribution in [0, 0.1) is 0 Å². The number of halogens is 1. The zero-order chi connectivity index (χ0) is 28.1. The Morgan fingerprint density at radius 3 is 2.50 bits per heavy atom. The van der Waals surface area contributed by atoms with Crippen LogP contribution in [0.2, 0.25) is 5.02 Å². The minimum Gasteiger partial charge on any atom is -0.478 e. The molecule has 40 heavy (non-hydrogen) atoms. The number of carbonyl (C=O) groups is 2. The van der Waals surface area contributed by atoms with Gasteiger partial charge in [-0.2, -0.15) is 0 Å². The number of carboxylic acid groups (broad SMARTS) is 1. The van der Waals surface area contributed by atoms with Crippen LogP contribution >= 0.6 is 11.6 Å². The van der Waals surface area contributed by atoms with Crippen molar-refractivity contribution < 1.29 is 24.5 Å². The molecule has 0 unspecified atom stereocenters. The molecule has 7 nitrogen and oxygen atoms in total. The summed E-state index contributed by atoms with van der Waals surface area (Å²) < 4.78 is 6.08. The third kappa shape index (κ3) is 6.87. The Morgan fingerprint density at radius 1 is 0.900 bits per heavy atom. The predicted molar refractivity (Wildman–Crippen MR) is 155 cm³/mol. The van der Waals surface area contributed by atoms with Crippen LogP contribution in [0.1, 0.15) is 49.9 Å². The number of ether oxygens (including phenoxy) is 1. The molecule has 0 saturated carbocycles. The Hall–Kier alpha value is -4.17. The van der Waals surface area contributed by atoms with Crippen molar-refractivity contribution in [2.45, 2.75) is 31.4 Å². The van der Waals surface area contributed by atoms with E-state index in [0.29, 0.717) is 34.3 Å². The fraction of sp³-hybridized carbons (Fsp3) is 0.188. The Bertz CT molecular complexity index is 1530. The molecule has 4 aromatic carbocycles. The summed E-state index contributed by atoms with van der Waals surface area (Å²) in [5.41, 5.74) is 3.92. The fourth-order valence-electron chi connectivity index (χ4n) is 4.86. The van der Waals surface area contributed by atoms with Crippen LogP contribution in [0.25, 0.3) is 0 Å². The van der Waals surface area contributed by atoms with Crippen molar-refractivity contribution in [1.29, 1.82) is 0 Å². The third-order valence-corrected chi connectivity index (χ3v) is 7.16. The second-order valence-electron chi connectivity index (χ2n) is 9.82. The summed E-state index contributed by atoms with van der Waals surface area (Å²) in [4.78, 5) is 24.4. The van der Waals surface area contributed by atoms with Crippen LogP contribution in [0.3, 0.4) is 0 Å². The molecule has 0 spiro atoms. The van der Waals surface area contributed by atoms with E-state index in [1.807, 2.05) is 36.4 Å². The molecule has 5 rings (SSSR count). The van der Waals surface area contributed by atoms with Crippen molar-refractivity contribution >= 4 is 29.2 Å². The van der Waals surface area contributed by atoms with Crippen LogP contribution in [0.15, 0.2) is 91.0 Å². The van der Waals surface area contributed by atoms with E-state index in [-0.39, 0.29) is 17.5 Å². The molecule has 0 aromatic heterocycles. The summed E-state index contributed by atoms with van der Waals surface area (Å²) in [6.45, 7) is 0.413. The first-order chi connectivity index (χ1) is 19.3. The number of nitrogens with one attached hydrogen (secondary N) is 2. The normalized spacial score (nSPS) is 15.1. The summed E-state index contributed by atoms with van der Waals surface area (Å²) in [6, 6.07) is 26.4. The van der Waals surface area contributed by atoms with E-state index in [2.05, 4.69) is 10.6 Å². The summed E-state index contributed by atoms with van der Waals surface area (Å²) in [5, 5.41) is 27.0. The molecule has 0 heterocycles. The average Bonchev–Trinajstić information content (AvgIpc) is 2.96. The zero-order valence-electron chi connectivity index (χ0n) is 21.6. The first-order valence-electron chi connectivity index (χ1n) is 13.1. The number of aliphatic hydroxyl groups excluding tert-OH is 1. The lowest BCUT2D eigenvalue weighted by molar-refractivity contribution is 0.0696. The minimum absolute atomic E-state index is 0.00125. The number of aliphatic hydroxyl groups is 1. The van der Waals surface area contributed by atoms with Gasteiger partial charge in [-0.1, -0.05) is 48.0 Å². The molecule has 0 saturated heterocycles. The number of benzene rings is 4. The van der Waals surface area contributed by atoms with Gasteiger partial charge in [-0.3, -0.25) is 4.79 Å². The number of carbonyl (C=O) groups excluding carboxylic acids is 1. The van der Waals surface area contributed by atoms with Crippen molar-refractivity contribution in [3.05, 3.63) is 124 Å². The molecule has 0 bridgehead atoms. The maximum atomic E-state index is 12.6. The molecule has 1 amide bonds. The molecule has 8 heteroatoms. The topological polar surface area (TPSA) is 108 Å². The van der Waals surface area contributed by atoms with Crippen molar-refractivity contribution in [2.75, 3.05) is 11.9 Å². The smallest absolute Gasteiger partial charge is 0.335 e. The number of aromatic carboxylic acids is 1. The van der Waals surface area contributed by atoms with E-state index in [0.717, 1.165) is 30.4 Å². The molecule has 4 N–H and O–H groups in total. The van der Waals surface area contributed by atoms with Gasteiger partial charge >= 0.3 is 5.97 Å². The number of amides is 1. The molecule has 1 aliphatic carbocycles. The van der Waals surface area contributed by atoms with Crippen LogP contribution in [0.4, 0.5) is 5.69 Å². The van der Waals surface area contributed by atoms with E-state index in [4.69, 9.17) is 16.3 Å². The summed E-state index contributed by atoms with van der Waals surface area (Å²) >= 11 is 6.06. The maximum absolute atomic E-state index is 12.6. The van der Waals surface area contributed by atoms with E-state index < -0.39 is 12.1 Å². The second kappa shape index (κ2) is 12.3. The van der Waals surface area contributed by atoms with Gasteiger partial charge in [-0.25, -0.2) is 4.79 Å². The number of aryl methyl sites for hydroxylation is 1. The molecule has 0 fully saturated rings. The van der Waals surface area contributed by atoms with E-state index in [9.17, 15) is 19.8 Å². The molecule has 204 valence electrons. The van der Waals surface area contributed by atoms with Gasteiger partial charge in [-0.05, 0) is 84.5 Å². The van der Waals surface area contributed by atoms with Gasteiger partial charge in [0.05, 0.1) is 11.7 Å². The number of carboxylic acids is 1. The highest BCUT2D eigenvalue weighted by atomic mass is 35.5. The summed E-state index contributed by atoms with van der Waals surface area (Å²) in [5.74, 6) is -0.596. The number of hydrogen-bond acceptors (Lipinski definition) is 5. The fourth-order valence-corrected chi connectivity index (χ4v) is 5.06.